The fraction of sp³-hybridized carbons (Fsp3) is 0.250. The van der Waals surface area contributed by atoms with Crippen LogP contribution in [0.15, 0.2) is 12.1 Å². The van der Waals surface area contributed by atoms with Crippen LogP contribution in [0.1, 0.15) is 5.56 Å². The number of rotatable bonds is 0. The molecule has 4 nitrogen and oxygen atoms in total. The molecule has 1 aromatic heterocycles. The molecule has 1 amide bonds. The molecule has 0 aliphatic carbocycles. The van der Waals surface area contributed by atoms with Crippen LogP contribution >= 0.6 is 11.6 Å². The number of halogens is 1. The molecule has 1 aromatic rings. The quantitative estimate of drug-likeness (QED) is 0.638. The van der Waals surface area contributed by atoms with E-state index in [4.69, 9.17) is 16.3 Å². The van der Waals surface area contributed by atoms with Gasteiger partial charge in [0.25, 0.3) is 5.91 Å². The Morgan fingerprint density at radius 1 is 1.46 bits per heavy atom. The molecule has 1 N–H and O–H groups in total. The van der Waals surface area contributed by atoms with Crippen molar-refractivity contribution in [3.8, 4) is 0 Å². The summed E-state index contributed by atoms with van der Waals surface area (Å²) in [7, 11) is 0. The second kappa shape index (κ2) is 3.32. The van der Waals surface area contributed by atoms with E-state index in [-0.39, 0.29) is 12.5 Å². The number of anilines is 1. The summed E-state index contributed by atoms with van der Waals surface area (Å²) in [5, 5.41) is 2.97. The number of pyridine rings is 1. The Morgan fingerprint density at radius 2 is 2.31 bits per heavy atom. The number of amides is 1. The Labute approximate surface area is 79.9 Å². The van der Waals surface area contributed by atoms with Crippen LogP contribution in [0.3, 0.4) is 0 Å². The number of nitrogens with zero attached hydrogens (tertiary/aromatic N) is 1. The lowest BCUT2D eigenvalue weighted by Gasteiger charge is -2.03. The lowest BCUT2D eigenvalue weighted by Crippen LogP contribution is -2.15. The molecule has 0 atom stereocenters. The van der Waals surface area contributed by atoms with E-state index in [0.717, 1.165) is 5.56 Å². The van der Waals surface area contributed by atoms with Crippen LogP contribution in [0.5, 0.6) is 0 Å². The second-order valence-electron chi connectivity index (χ2n) is 2.68. The number of aromatic nitrogens is 1. The maximum absolute atomic E-state index is 11.0. The third-order valence-electron chi connectivity index (χ3n) is 1.69. The molecule has 0 fully saturated rings. The SMILES string of the molecule is O=C1COCc2ccc(Cl)nc2N1. The van der Waals surface area contributed by atoms with Crippen molar-refractivity contribution in [2.45, 2.75) is 6.61 Å². The molecule has 2 rings (SSSR count). The van der Waals surface area contributed by atoms with E-state index in [1.54, 1.807) is 12.1 Å². The van der Waals surface area contributed by atoms with Crippen LogP contribution in [0.2, 0.25) is 5.15 Å². The zero-order valence-electron chi connectivity index (χ0n) is 6.71. The van der Waals surface area contributed by atoms with E-state index < -0.39 is 0 Å². The summed E-state index contributed by atoms with van der Waals surface area (Å²) >= 11 is 5.67. The Hall–Kier alpha value is -1.13. The summed E-state index contributed by atoms with van der Waals surface area (Å²) in [6.07, 6.45) is 0. The van der Waals surface area contributed by atoms with E-state index in [1.165, 1.54) is 0 Å². The zero-order valence-corrected chi connectivity index (χ0v) is 7.47. The molecule has 0 radical (unpaired) electrons. The molecule has 5 heteroatoms. The minimum atomic E-state index is -0.200. The van der Waals surface area contributed by atoms with Crippen LogP contribution in [0.4, 0.5) is 5.82 Å². The minimum absolute atomic E-state index is 0.0635. The van der Waals surface area contributed by atoms with Crippen molar-refractivity contribution in [1.29, 1.82) is 0 Å². The first-order valence-corrected chi connectivity index (χ1v) is 4.16. The number of carbonyl (C=O) groups excluding carboxylic acids is 1. The van der Waals surface area contributed by atoms with Gasteiger partial charge in [0, 0.05) is 5.56 Å². The molecule has 1 aliphatic heterocycles. The first-order chi connectivity index (χ1) is 6.25. The van der Waals surface area contributed by atoms with Gasteiger partial charge in [-0.15, -0.1) is 0 Å². The largest absolute Gasteiger partial charge is 0.367 e. The van der Waals surface area contributed by atoms with Crippen molar-refractivity contribution in [1.82, 2.24) is 4.98 Å². The highest BCUT2D eigenvalue weighted by molar-refractivity contribution is 6.29. The van der Waals surface area contributed by atoms with E-state index in [9.17, 15) is 4.79 Å². The number of hydrogen-bond donors (Lipinski definition) is 1. The fourth-order valence-electron chi connectivity index (χ4n) is 1.11. The first-order valence-electron chi connectivity index (χ1n) is 3.79. The highest BCUT2D eigenvalue weighted by atomic mass is 35.5. The molecule has 2 heterocycles. The first kappa shape index (κ1) is 8.47. The molecule has 1 aliphatic rings. The van der Waals surface area contributed by atoms with Gasteiger partial charge in [-0.05, 0) is 12.1 Å². The van der Waals surface area contributed by atoms with Gasteiger partial charge < -0.3 is 10.1 Å². The predicted octanol–water partition coefficient (Wildman–Crippen LogP) is 1.20. The number of fused-ring (bicyclic) bond motifs is 1. The smallest absolute Gasteiger partial charge is 0.251 e. The number of carbonyl (C=O) groups is 1. The van der Waals surface area contributed by atoms with E-state index in [2.05, 4.69) is 10.3 Å². The summed E-state index contributed by atoms with van der Waals surface area (Å²) in [5.41, 5.74) is 0.843. The van der Waals surface area contributed by atoms with Crippen LogP contribution in [0, 0.1) is 0 Å². The summed E-state index contributed by atoms with van der Waals surface area (Å²) < 4.78 is 5.08. The molecule has 0 saturated heterocycles. The average molecular weight is 199 g/mol. The molecule has 13 heavy (non-hydrogen) atoms. The van der Waals surface area contributed by atoms with Crippen molar-refractivity contribution in [2.75, 3.05) is 11.9 Å². The summed E-state index contributed by atoms with van der Waals surface area (Å²) in [6, 6.07) is 3.46. The van der Waals surface area contributed by atoms with Gasteiger partial charge in [0.15, 0.2) is 0 Å². The van der Waals surface area contributed by atoms with Crippen LogP contribution in [-0.4, -0.2) is 17.5 Å². The topological polar surface area (TPSA) is 51.2 Å². The van der Waals surface area contributed by atoms with Gasteiger partial charge in [-0.3, -0.25) is 4.79 Å². The van der Waals surface area contributed by atoms with Gasteiger partial charge >= 0.3 is 0 Å². The third kappa shape index (κ3) is 1.79. The molecule has 68 valence electrons. The van der Waals surface area contributed by atoms with Gasteiger partial charge in [-0.2, -0.15) is 0 Å². The fourth-order valence-corrected chi connectivity index (χ4v) is 1.26. The Balaban J connectivity index is 2.40. The lowest BCUT2D eigenvalue weighted by atomic mass is 10.3. The summed E-state index contributed by atoms with van der Waals surface area (Å²) in [6.45, 7) is 0.451. The third-order valence-corrected chi connectivity index (χ3v) is 1.90. The molecule has 0 aromatic carbocycles. The maximum Gasteiger partial charge on any atom is 0.251 e. The van der Waals surface area contributed by atoms with Gasteiger partial charge in [0.2, 0.25) is 0 Å². The molecule has 0 saturated carbocycles. The van der Waals surface area contributed by atoms with Gasteiger partial charge in [0.05, 0.1) is 6.61 Å². The van der Waals surface area contributed by atoms with Crippen molar-refractivity contribution < 1.29 is 9.53 Å². The number of nitrogens with one attached hydrogen (secondary N) is 1. The van der Waals surface area contributed by atoms with Gasteiger partial charge in [0.1, 0.15) is 17.6 Å². The molecule has 0 bridgehead atoms. The van der Waals surface area contributed by atoms with Crippen molar-refractivity contribution in [3.05, 3.63) is 22.8 Å². The van der Waals surface area contributed by atoms with Crippen LogP contribution in [-0.2, 0) is 16.1 Å². The molecule has 0 spiro atoms. The number of hydrogen-bond acceptors (Lipinski definition) is 3. The lowest BCUT2D eigenvalue weighted by molar-refractivity contribution is -0.120. The molecule has 0 unspecified atom stereocenters. The Morgan fingerprint density at radius 3 is 3.15 bits per heavy atom. The number of ether oxygens (including phenoxy) is 1. The highest BCUT2D eigenvalue weighted by Gasteiger charge is 2.13. The van der Waals surface area contributed by atoms with Crippen LogP contribution in [0.25, 0.3) is 0 Å². The minimum Gasteiger partial charge on any atom is -0.367 e. The standard InChI is InChI=1S/C8H7ClN2O2/c9-6-2-1-5-3-13-4-7(12)11-8(5)10-6/h1-2H,3-4H2,(H,10,11,12). The van der Waals surface area contributed by atoms with Crippen molar-refractivity contribution >= 4 is 23.3 Å². The Bertz CT molecular complexity index is 354. The second-order valence-corrected chi connectivity index (χ2v) is 3.07. The van der Waals surface area contributed by atoms with E-state index >= 15 is 0 Å². The zero-order chi connectivity index (χ0) is 9.26. The summed E-state index contributed by atoms with van der Waals surface area (Å²) in [4.78, 5) is 15.0. The average Bonchev–Trinajstić information content (AvgIpc) is 2.25. The van der Waals surface area contributed by atoms with Crippen molar-refractivity contribution in [3.63, 3.8) is 0 Å². The van der Waals surface area contributed by atoms with Gasteiger partial charge in [-0.1, -0.05) is 11.6 Å². The monoisotopic (exact) mass is 198 g/mol. The predicted molar refractivity (Wildman–Crippen MR) is 47.5 cm³/mol. The molecular weight excluding hydrogens is 192 g/mol. The van der Waals surface area contributed by atoms with E-state index in [0.29, 0.717) is 17.6 Å². The van der Waals surface area contributed by atoms with E-state index in [1.807, 2.05) is 0 Å². The van der Waals surface area contributed by atoms with Crippen molar-refractivity contribution in [2.24, 2.45) is 0 Å². The van der Waals surface area contributed by atoms with Crippen LogP contribution < -0.4 is 5.32 Å². The maximum atomic E-state index is 11.0. The van der Waals surface area contributed by atoms with Gasteiger partial charge in [-0.25, -0.2) is 4.98 Å². The summed E-state index contributed by atoms with van der Waals surface area (Å²) in [5.74, 6) is 0.295. The normalized spacial score (nSPS) is 15.9. The highest BCUT2D eigenvalue weighted by Crippen LogP contribution is 2.19. The molecular formula is C8H7ClN2O2. The Kier molecular flexibility index (Phi) is 2.16.